The molecule has 0 atom stereocenters. The summed E-state index contributed by atoms with van der Waals surface area (Å²) in [5.41, 5.74) is 0.373. The highest BCUT2D eigenvalue weighted by molar-refractivity contribution is 9.10. The monoisotopic (exact) mass is 430 g/mol. The summed E-state index contributed by atoms with van der Waals surface area (Å²) in [4.78, 5) is 13.8. The Labute approximate surface area is 152 Å². The lowest BCUT2D eigenvalue weighted by molar-refractivity contribution is 0.384. The molecule has 0 saturated carbocycles. The van der Waals surface area contributed by atoms with Crippen LogP contribution in [0.3, 0.4) is 0 Å². The van der Waals surface area contributed by atoms with Crippen molar-refractivity contribution < 1.29 is 12.8 Å². The molecule has 2 aromatic rings. The molecule has 7 nitrogen and oxygen atoms in total. The Morgan fingerprint density at radius 3 is 2.52 bits per heavy atom. The summed E-state index contributed by atoms with van der Waals surface area (Å²) in [6.07, 6.45) is 1.57. The number of aromatic nitrogens is 2. The lowest BCUT2D eigenvalue weighted by atomic mass is 10.3. The zero-order chi connectivity index (χ0) is 18.2. The minimum absolute atomic E-state index is 0.0580. The number of hydrogen-bond donors (Lipinski definition) is 0. The lowest BCUT2D eigenvalue weighted by Crippen LogP contribution is -2.49. The number of rotatable bonds is 3. The second-order valence-corrected chi connectivity index (χ2v) is 8.35. The van der Waals surface area contributed by atoms with Gasteiger partial charge in [0.2, 0.25) is 10.0 Å². The first-order chi connectivity index (χ1) is 11.8. The Bertz CT molecular complexity index is 955. The maximum atomic E-state index is 13.3. The average molecular weight is 431 g/mol. The molecule has 0 unspecified atom stereocenters. The number of hydrogen-bond acceptors (Lipinski definition) is 5. The van der Waals surface area contributed by atoms with Gasteiger partial charge >= 0.3 is 0 Å². The third-order valence-corrected chi connectivity index (χ3v) is 6.71. The molecule has 0 aliphatic carbocycles. The summed E-state index contributed by atoms with van der Waals surface area (Å²) < 4.78 is 41.5. The van der Waals surface area contributed by atoms with Crippen molar-refractivity contribution in [2.75, 3.05) is 31.1 Å². The third kappa shape index (κ3) is 3.46. The number of nitrogens with zero attached hydrogens (tertiary/aromatic N) is 4. The van der Waals surface area contributed by atoms with Gasteiger partial charge in [-0.25, -0.2) is 17.5 Å². The number of halogens is 2. The van der Waals surface area contributed by atoms with Crippen LogP contribution in [0.1, 0.15) is 0 Å². The van der Waals surface area contributed by atoms with Crippen molar-refractivity contribution in [1.29, 1.82) is 0 Å². The van der Waals surface area contributed by atoms with Crippen LogP contribution in [0.25, 0.3) is 0 Å². The number of sulfonamides is 1. The van der Waals surface area contributed by atoms with Crippen LogP contribution in [0.5, 0.6) is 0 Å². The number of piperazine rings is 1. The number of benzene rings is 1. The van der Waals surface area contributed by atoms with Crippen molar-refractivity contribution in [2.45, 2.75) is 4.90 Å². The smallest absolute Gasteiger partial charge is 0.282 e. The summed E-state index contributed by atoms with van der Waals surface area (Å²) >= 11 is 3.28. The van der Waals surface area contributed by atoms with E-state index in [4.69, 9.17) is 0 Å². The number of anilines is 1. The fourth-order valence-corrected chi connectivity index (χ4v) is 4.73. The minimum atomic E-state index is -3.74. The average Bonchev–Trinajstić information content (AvgIpc) is 2.60. The van der Waals surface area contributed by atoms with Gasteiger partial charge in [0.15, 0.2) is 0 Å². The van der Waals surface area contributed by atoms with Crippen LogP contribution in [0.4, 0.5) is 10.1 Å². The van der Waals surface area contributed by atoms with Gasteiger partial charge in [0, 0.05) is 33.2 Å². The summed E-state index contributed by atoms with van der Waals surface area (Å²) in [5.74, 6) is -0.588. The van der Waals surface area contributed by atoms with Gasteiger partial charge in [-0.05, 0) is 34.1 Å². The minimum Gasteiger partial charge on any atom is -0.367 e. The van der Waals surface area contributed by atoms with Gasteiger partial charge in [0.1, 0.15) is 10.3 Å². The molecule has 0 spiro atoms. The van der Waals surface area contributed by atoms with Crippen LogP contribution in [0.15, 0.2) is 44.6 Å². The van der Waals surface area contributed by atoms with Gasteiger partial charge in [-0.3, -0.25) is 4.79 Å². The Kier molecular flexibility index (Phi) is 4.94. The molecule has 1 saturated heterocycles. The van der Waals surface area contributed by atoms with Crippen molar-refractivity contribution in [3.05, 3.63) is 51.1 Å². The Morgan fingerprint density at radius 2 is 1.88 bits per heavy atom. The largest absolute Gasteiger partial charge is 0.367 e. The van der Waals surface area contributed by atoms with E-state index in [0.29, 0.717) is 23.2 Å². The van der Waals surface area contributed by atoms with E-state index in [1.807, 2.05) is 4.90 Å². The molecule has 0 bridgehead atoms. The first kappa shape index (κ1) is 18.0. The predicted octanol–water partition coefficient (Wildman–Crippen LogP) is 1.19. The van der Waals surface area contributed by atoms with Crippen LogP contribution in [-0.4, -0.2) is 48.7 Å². The van der Waals surface area contributed by atoms with Crippen molar-refractivity contribution in [3.8, 4) is 0 Å². The van der Waals surface area contributed by atoms with E-state index in [2.05, 4.69) is 21.0 Å². The van der Waals surface area contributed by atoms with E-state index in [1.165, 1.54) is 27.2 Å². The highest BCUT2D eigenvalue weighted by atomic mass is 79.9. The topological polar surface area (TPSA) is 75.5 Å². The zero-order valence-corrected chi connectivity index (χ0v) is 15.8. The fourth-order valence-electron chi connectivity index (χ4n) is 2.67. The highest BCUT2D eigenvalue weighted by Crippen LogP contribution is 2.25. The standard InChI is InChI=1S/C15H16BrFN4O3S/c1-19-15(22)14(16)13(10-18-19)20-5-7-21(8-6-20)25(23,24)12-4-2-3-11(17)9-12/h2-4,9-10H,5-8H2,1H3. The Hall–Kier alpha value is -1.78. The van der Waals surface area contributed by atoms with Crippen LogP contribution >= 0.6 is 15.9 Å². The summed E-state index contributed by atoms with van der Waals surface area (Å²) in [6, 6.07) is 4.98. The number of aryl methyl sites for hydroxylation is 1. The molecule has 0 amide bonds. The van der Waals surface area contributed by atoms with Gasteiger partial charge in [0.05, 0.1) is 16.8 Å². The second kappa shape index (κ2) is 6.85. The molecule has 1 fully saturated rings. The molecule has 0 N–H and O–H groups in total. The van der Waals surface area contributed by atoms with Crippen LogP contribution < -0.4 is 10.5 Å². The molecule has 1 aromatic heterocycles. The molecule has 2 heterocycles. The highest BCUT2D eigenvalue weighted by Gasteiger charge is 2.29. The van der Waals surface area contributed by atoms with Gasteiger partial charge < -0.3 is 4.90 Å². The maximum Gasteiger partial charge on any atom is 0.282 e. The summed E-state index contributed by atoms with van der Waals surface area (Å²) in [7, 11) is -2.19. The molecule has 1 aromatic carbocycles. The quantitative estimate of drug-likeness (QED) is 0.730. The van der Waals surface area contributed by atoms with Crippen molar-refractivity contribution >= 4 is 31.6 Å². The van der Waals surface area contributed by atoms with Crippen LogP contribution in [0.2, 0.25) is 0 Å². The van der Waals surface area contributed by atoms with Gasteiger partial charge in [-0.15, -0.1) is 0 Å². The lowest BCUT2D eigenvalue weighted by Gasteiger charge is -2.35. The summed E-state index contributed by atoms with van der Waals surface area (Å²) in [5, 5.41) is 4.00. The molecule has 134 valence electrons. The molecular weight excluding hydrogens is 415 g/mol. The first-order valence-corrected chi connectivity index (χ1v) is 9.76. The van der Waals surface area contributed by atoms with Crippen molar-refractivity contribution in [1.82, 2.24) is 14.1 Å². The summed E-state index contributed by atoms with van der Waals surface area (Å²) in [6.45, 7) is 1.28. The van der Waals surface area contributed by atoms with Gasteiger partial charge in [-0.1, -0.05) is 6.07 Å². The normalized spacial score (nSPS) is 16.2. The first-order valence-electron chi connectivity index (χ1n) is 7.53. The van der Waals surface area contributed by atoms with Crippen LogP contribution in [0, 0.1) is 5.82 Å². The molecule has 10 heteroatoms. The van der Waals surface area contributed by atoms with Gasteiger partial charge in [0.25, 0.3) is 5.56 Å². The SMILES string of the molecule is Cn1ncc(N2CCN(S(=O)(=O)c3cccc(F)c3)CC2)c(Br)c1=O. The Balaban J connectivity index is 1.78. The fraction of sp³-hybridized carbons (Fsp3) is 0.333. The second-order valence-electron chi connectivity index (χ2n) is 5.62. The Morgan fingerprint density at radius 1 is 1.20 bits per heavy atom. The molecular formula is C15H16BrFN4O3S. The molecule has 0 radical (unpaired) electrons. The van der Waals surface area contributed by atoms with Gasteiger partial charge in [-0.2, -0.15) is 9.40 Å². The van der Waals surface area contributed by atoms with E-state index in [-0.39, 0.29) is 23.5 Å². The van der Waals surface area contributed by atoms with Crippen LogP contribution in [-0.2, 0) is 17.1 Å². The van der Waals surface area contributed by atoms with E-state index in [1.54, 1.807) is 13.2 Å². The van der Waals surface area contributed by atoms with Crippen molar-refractivity contribution in [2.24, 2.45) is 7.05 Å². The molecule has 1 aliphatic rings. The van der Waals surface area contributed by atoms with E-state index < -0.39 is 15.8 Å². The van der Waals surface area contributed by atoms with E-state index >= 15 is 0 Å². The predicted molar refractivity (Wildman–Crippen MR) is 94.5 cm³/mol. The molecule has 25 heavy (non-hydrogen) atoms. The van der Waals surface area contributed by atoms with E-state index in [0.717, 1.165) is 6.07 Å². The maximum absolute atomic E-state index is 13.3. The van der Waals surface area contributed by atoms with Crippen molar-refractivity contribution in [3.63, 3.8) is 0 Å². The zero-order valence-electron chi connectivity index (χ0n) is 13.4. The third-order valence-electron chi connectivity index (χ3n) is 4.07. The van der Waals surface area contributed by atoms with E-state index in [9.17, 15) is 17.6 Å². The molecule has 1 aliphatic heterocycles. The molecule has 3 rings (SSSR count).